The van der Waals surface area contributed by atoms with Crippen molar-refractivity contribution in [1.29, 1.82) is 0 Å². The van der Waals surface area contributed by atoms with Crippen LogP contribution in [0.5, 0.6) is 11.5 Å². The van der Waals surface area contributed by atoms with Gasteiger partial charge in [0, 0.05) is 20.1 Å². The Morgan fingerprint density at radius 2 is 1.79 bits per heavy atom. The molecule has 1 aliphatic rings. The molecule has 0 unspecified atom stereocenters. The first-order chi connectivity index (χ1) is 14.1. The Labute approximate surface area is 170 Å². The van der Waals surface area contributed by atoms with Crippen LogP contribution in [0.3, 0.4) is 0 Å². The van der Waals surface area contributed by atoms with E-state index in [4.69, 9.17) is 14.2 Å². The Morgan fingerprint density at radius 3 is 2.52 bits per heavy atom. The minimum atomic E-state index is -0.627. The fourth-order valence-electron chi connectivity index (χ4n) is 3.42. The number of para-hydroxylation sites is 2. The molecular formula is C22H26N2O5. The molecule has 0 spiro atoms. The average Bonchev–Trinajstić information content (AvgIpc) is 3.18. The summed E-state index contributed by atoms with van der Waals surface area (Å²) in [6, 6.07) is 15.8. The van der Waals surface area contributed by atoms with E-state index in [1.807, 2.05) is 30.3 Å². The van der Waals surface area contributed by atoms with Gasteiger partial charge in [-0.3, -0.25) is 9.59 Å². The first kappa shape index (κ1) is 20.7. The van der Waals surface area contributed by atoms with Gasteiger partial charge in [0.1, 0.15) is 23.6 Å². The van der Waals surface area contributed by atoms with E-state index >= 15 is 0 Å². The van der Waals surface area contributed by atoms with E-state index in [9.17, 15) is 9.59 Å². The lowest BCUT2D eigenvalue weighted by Gasteiger charge is -2.24. The van der Waals surface area contributed by atoms with Gasteiger partial charge in [-0.1, -0.05) is 30.3 Å². The van der Waals surface area contributed by atoms with Crippen LogP contribution in [-0.4, -0.2) is 62.8 Å². The summed E-state index contributed by atoms with van der Waals surface area (Å²) in [7, 11) is 3.09. The standard InChI is InChI=1S/C22H26N2O5/c1-27-13-12-23-21(25)19-14-17(29-16-8-4-3-5-9-16)15-24(19)22(26)18-10-6-7-11-20(18)28-2/h3-11,17,19H,12-15H2,1-2H3,(H,23,25)/t17-,19+/m0/s1. The van der Waals surface area contributed by atoms with Crippen molar-refractivity contribution in [3.8, 4) is 11.5 Å². The van der Waals surface area contributed by atoms with Crippen LogP contribution in [0, 0.1) is 0 Å². The zero-order chi connectivity index (χ0) is 20.6. The molecule has 0 radical (unpaired) electrons. The largest absolute Gasteiger partial charge is 0.496 e. The summed E-state index contributed by atoms with van der Waals surface area (Å²) < 4.78 is 16.3. The normalized spacial score (nSPS) is 18.3. The molecule has 2 amide bonds. The third-order valence-corrected chi connectivity index (χ3v) is 4.81. The van der Waals surface area contributed by atoms with Crippen LogP contribution in [0.4, 0.5) is 0 Å². The molecule has 3 rings (SSSR count). The third-order valence-electron chi connectivity index (χ3n) is 4.81. The lowest BCUT2D eigenvalue weighted by atomic mass is 10.1. The number of ether oxygens (including phenoxy) is 3. The summed E-state index contributed by atoms with van der Waals surface area (Å²) in [5.74, 6) is 0.712. The van der Waals surface area contributed by atoms with Crippen molar-refractivity contribution in [2.75, 3.05) is 33.9 Å². The maximum Gasteiger partial charge on any atom is 0.258 e. The predicted molar refractivity (Wildman–Crippen MR) is 108 cm³/mol. The third kappa shape index (κ3) is 5.06. The molecule has 0 saturated carbocycles. The van der Waals surface area contributed by atoms with Gasteiger partial charge in [-0.25, -0.2) is 0 Å². The Balaban J connectivity index is 1.80. The number of carbonyl (C=O) groups is 2. The Kier molecular flexibility index (Phi) is 7.08. The number of nitrogens with zero attached hydrogens (tertiary/aromatic N) is 1. The Bertz CT molecular complexity index is 827. The molecule has 7 nitrogen and oxygen atoms in total. The van der Waals surface area contributed by atoms with Gasteiger partial charge < -0.3 is 24.4 Å². The van der Waals surface area contributed by atoms with Crippen molar-refractivity contribution >= 4 is 11.8 Å². The monoisotopic (exact) mass is 398 g/mol. The van der Waals surface area contributed by atoms with Gasteiger partial charge in [0.05, 0.1) is 25.8 Å². The van der Waals surface area contributed by atoms with Crippen LogP contribution in [0.2, 0.25) is 0 Å². The maximum absolute atomic E-state index is 13.3. The van der Waals surface area contributed by atoms with Crippen molar-refractivity contribution in [3.05, 3.63) is 60.2 Å². The molecule has 0 aliphatic carbocycles. The zero-order valence-corrected chi connectivity index (χ0v) is 16.7. The number of methoxy groups -OCH3 is 2. The smallest absolute Gasteiger partial charge is 0.258 e. The summed E-state index contributed by atoms with van der Waals surface area (Å²) in [5.41, 5.74) is 0.421. The predicted octanol–water partition coefficient (Wildman–Crippen LogP) is 2.12. The molecule has 1 fully saturated rings. The van der Waals surface area contributed by atoms with Gasteiger partial charge in [-0.15, -0.1) is 0 Å². The van der Waals surface area contributed by atoms with E-state index in [2.05, 4.69) is 5.32 Å². The second-order valence-electron chi connectivity index (χ2n) is 6.75. The molecular weight excluding hydrogens is 372 g/mol. The number of amides is 2. The van der Waals surface area contributed by atoms with Crippen LogP contribution >= 0.6 is 0 Å². The second kappa shape index (κ2) is 9.93. The van der Waals surface area contributed by atoms with Crippen molar-refractivity contribution in [3.63, 3.8) is 0 Å². The lowest BCUT2D eigenvalue weighted by Crippen LogP contribution is -2.46. The van der Waals surface area contributed by atoms with E-state index in [-0.39, 0.29) is 17.9 Å². The molecule has 2 aromatic rings. The number of likely N-dealkylation sites (tertiary alicyclic amines) is 1. The van der Waals surface area contributed by atoms with E-state index in [0.717, 1.165) is 0 Å². The van der Waals surface area contributed by atoms with Crippen LogP contribution in [0.1, 0.15) is 16.8 Å². The molecule has 0 bridgehead atoms. The molecule has 1 saturated heterocycles. The summed E-state index contributed by atoms with van der Waals surface area (Å²) in [4.78, 5) is 27.6. The Morgan fingerprint density at radius 1 is 1.07 bits per heavy atom. The van der Waals surface area contributed by atoms with Crippen molar-refractivity contribution in [2.45, 2.75) is 18.6 Å². The second-order valence-corrected chi connectivity index (χ2v) is 6.75. The highest BCUT2D eigenvalue weighted by molar-refractivity contribution is 6.00. The van der Waals surface area contributed by atoms with Gasteiger partial charge in [-0.2, -0.15) is 0 Å². The molecule has 2 aromatic carbocycles. The van der Waals surface area contributed by atoms with Crippen molar-refractivity contribution in [1.82, 2.24) is 10.2 Å². The summed E-state index contributed by atoms with van der Waals surface area (Å²) in [6.45, 7) is 1.10. The van der Waals surface area contributed by atoms with Crippen LogP contribution in [-0.2, 0) is 9.53 Å². The summed E-state index contributed by atoms with van der Waals surface area (Å²) >= 11 is 0. The van der Waals surface area contributed by atoms with Crippen LogP contribution < -0.4 is 14.8 Å². The molecule has 1 aliphatic heterocycles. The highest BCUT2D eigenvalue weighted by Crippen LogP contribution is 2.27. The highest BCUT2D eigenvalue weighted by Gasteiger charge is 2.41. The first-order valence-corrected chi connectivity index (χ1v) is 9.56. The van der Waals surface area contributed by atoms with E-state index in [1.165, 1.54) is 7.11 Å². The number of nitrogens with one attached hydrogen (secondary N) is 1. The van der Waals surface area contributed by atoms with Gasteiger partial charge in [0.25, 0.3) is 5.91 Å². The average molecular weight is 398 g/mol. The van der Waals surface area contributed by atoms with Crippen molar-refractivity contribution < 1.29 is 23.8 Å². The van der Waals surface area contributed by atoms with Crippen LogP contribution in [0.25, 0.3) is 0 Å². The Hall–Kier alpha value is -3.06. The molecule has 1 N–H and O–H groups in total. The minimum absolute atomic E-state index is 0.218. The minimum Gasteiger partial charge on any atom is -0.496 e. The number of carbonyl (C=O) groups excluding carboxylic acids is 2. The fraction of sp³-hybridized carbons (Fsp3) is 0.364. The topological polar surface area (TPSA) is 77.1 Å². The van der Waals surface area contributed by atoms with E-state index in [0.29, 0.717) is 43.2 Å². The first-order valence-electron chi connectivity index (χ1n) is 9.56. The quantitative estimate of drug-likeness (QED) is 0.690. The molecule has 1 heterocycles. The zero-order valence-electron chi connectivity index (χ0n) is 16.7. The lowest BCUT2D eigenvalue weighted by molar-refractivity contribution is -0.125. The maximum atomic E-state index is 13.3. The SMILES string of the molecule is COCCNC(=O)[C@H]1C[C@H](Oc2ccccc2)CN1C(=O)c1ccccc1OC. The van der Waals surface area contributed by atoms with Crippen molar-refractivity contribution in [2.24, 2.45) is 0 Å². The summed E-state index contributed by atoms with van der Waals surface area (Å²) in [5, 5.41) is 2.83. The van der Waals surface area contributed by atoms with Gasteiger partial charge in [-0.05, 0) is 24.3 Å². The van der Waals surface area contributed by atoms with E-state index < -0.39 is 6.04 Å². The van der Waals surface area contributed by atoms with E-state index in [1.54, 1.807) is 36.3 Å². The molecule has 2 atom stereocenters. The number of benzene rings is 2. The number of hydrogen-bond acceptors (Lipinski definition) is 5. The molecule has 154 valence electrons. The number of hydrogen-bond donors (Lipinski definition) is 1. The number of rotatable bonds is 8. The summed E-state index contributed by atoms with van der Waals surface area (Å²) in [6.07, 6.45) is 0.128. The van der Waals surface area contributed by atoms with Crippen LogP contribution in [0.15, 0.2) is 54.6 Å². The van der Waals surface area contributed by atoms with Gasteiger partial charge in [0.15, 0.2) is 0 Å². The van der Waals surface area contributed by atoms with Gasteiger partial charge in [0.2, 0.25) is 5.91 Å². The fourth-order valence-corrected chi connectivity index (χ4v) is 3.42. The highest BCUT2D eigenvalue weighted by atomic mass is 16.5. The molecule has 29 heavy (non-hydrogen) atoms. The van der Waals surface area contributed by atoms with Gasteiger partial charge >= 0.3 is 0 Å². The molecule has 7 heteroatoms. The molecule has 0 aromatic heterocycles.